The van der Waals surface area contributed by atoms with E-state index in [1.165, 1.54) is 0 Å². The van der Waals surface area contributed by atoms with Gasteiger partial charge in [0.25, 0.3) is 0 Å². The van der Waals surface area contributed by atoms with Gasteiger partial charge in [0, 0.05) is 5.41 Å². The second kappa shape index (κ2) is 4.58. The first-order chi connectivity index (χ1) is 5.40. The summed E-state index contributed by atoms with van der Waals surface area (Å²) in [6, 6.07) is 0. The molecule has 0 saturated heterocycles. The lowest BCUT2D eigenvalue weighted by molar-refractivity contribution is -0.240. The van der Waals surface area contributed by atoms with Gasteiger partial charge in [0.2, 0.25) is 0 Å². The Labute approximate surface area is 73.7 Å². The van der Waals surface area contributed by atoms with E-state index in [0.29, 0.717) is 5.92 Å². The van der Waals surface area contributed by atoms with Crippen LogP contribution in [-0.4, -0.2) is 17.6 Å². The van der Waals surface area contributed by atoms with Crippen molar-refractivity contribution in [2.45, 2.75) is 34.1 Å². The standard InChI is InChI=1S/C9H18O3/c1-7(2)5-9(3,4)8(10)6-12-11/h7,11H,5-6H2,1-4H3. The number of hydrogen-bond acceptors (Lipinski definition) is 3. The first-order valence-corrected chi connectivity index (χ1v) is 4.20. The van der Waals surface area contributed by atoms with Gasteiger partial charge >= 0.3 is 0 Å². The molecule has 0 radical (unpaired) electrons. The van der Waals surface area contributed by atoms with Gasteiger partial charge in [-0.2, -0.15) is 0 Å². The van der Waals surface area contributed by atoms with Crippen LogP contribution >= 0.6 is 0 Å². The molecule has 3 nitrogen and oxygen atoms in total. The summed E-state index contributed by atoms with van der Waals surface area (Å²) in [4.78, 5) is 15.1. The second-order valence-corrected chi connectivity index (χ2v) is 4.18. The molecule has 0 rings (SSSR count). The van der Waals surface area contributed by atoms with E-state index in [9.17, 15) is 4.79 Å². The van der Waals surface area contributed by atoms with Gasteiger partial charge in [0.05, 0.1) is 0 Å². The maximum absolute atomic E-state index is 11.3. The maximum Gasteiger partial charge on any atom is 0.167 e. The molecule has 0 aliphatic heterocycles. The Hall–Kier alpha value is -0.410. The molecule has 0 saturated carbocycles. The zero-order valence-electron chi connectivity index (χ0n) is 8.26. The highest BCUT2D eigenvalue weighted by atomic mass is 17.1. The molecule has 0 unspecified atom stereocenters. The molecule has 0 aromatic rings. The summed E-state index contributed by atoms with van der Waals surface area (Å²) < 4.78 is 0. The largest absolute Gasteiger partial charge is 0.296 e. The van der Waals surface area contributed by atoms with Gasteiger partial charge in [0.15, 0.2) is 5.78 Å². The highest BCUT2D eigenvalue weighted by molar-refractivity contribution is 5.85. The van der Waals surface area contributed by atoms with Crippen LogP contribution in [0.15, 0.2) is 0 Å². The van der Waals surface area contributed by atoms with Crippen molar-refractivity contribution >= 4 is 5.78 Å². The zero-order chi connectivity index (χ0) is 9.78. The Bertz CT molecular complexity index is 150. The van der Waals surface area contributed by atoms with Crippen LogP contribution in [-0.2, 0) is 9.68 Å². The molecule has 0 atom stereocenters. The van der Waals surface area contributed by atoms with Crippen molar-refractivity contribution in [2.75, 3.05) is 6.61 Å². The lowest BCUT2D eigenvalue weighted by Gasteiger charge is -2.24. The topological polar surface area (TPSA) is 46.5 Å². The van der Waals surface area contributed by atoms with Crippen molar-refractivity contribution in [1.82, 2.24) is 0 Å². The smallest absolute Gasteiger partial charge is 0.167 e. The van der Waals surface area contributed by atoms with Crippen LogP contribution in [0.25, 0.3) is 0 Å². The van der Waals surface area contributed by atoms with Gasteiger partial charge in [0.1, 0.15) is 6.61 Å². The molecule has 0 fully saturated rings. The van der Waals surface area contributed by atoms with Gasteiger partial charge < -0.3 is 0 Å². The molecule has 3 heteroatoms. The fraction of sp³-hybridized carbons (Fsp3) is 0.889. The average molecular weight is 174 g/mol. The number of ketones is 1. The van der Waals surface area contributed by atoms with Crippen LogP contribution < -0.4 is 0 Å². The molecule has 0 bridgehead atoms. The molecule has 0 amide bonds. The van der Waals surface area contributed by atoms with Gasteiger partial charge in [-0.05, 0) is 12.3 Å². The molecule has 72 valence electrons. The van der Waals surface area contributed by atoms with E-state index in [-0.39, 0.29) is 12.4 Å². The number of carbonyl (C=O) groups is 1. The lowest BCUT2D eigenvalue weighted by atomic mass is 9.80. The van der Waals surface area contributed by atoms with Gasteiger partial charge in [-0.1, -0.05) is 27.7 Å². The van der Waals surface area contributed by atoms with Crippen LogP contribution in [0.2, 0.25) is 0 Å². The molecule has 0 aromatic heterocycles. The van der Waals surface area contributed by atoms with Crippen LogP contribution in [0.3, 0.4) is 0 Å². The third kappa shape index (κ3) is 3.83. The molecular formula is C9H18O3. The molecule has 0 aliphatic rings. The summed E-state index contributed by atoms with van der Waals surface area (Å²) in [7, 11) is 0. The Morgan fingerprint density at radius 1 is 1.50 bits per heavy atom. The summed E-state index contributed by atoms with van der Waals surface area (Å²) in [5.74, 6) is 0.418. The molecule has 0 aromatic carbocycles. The van der Waals surface area contributed by atoms with Crippen molar-refractivity contribution in [1.29, 1.82) is 0 Å². The molecule has 0 aliphatic carbocycles. The van der Waals surface area contributed by atoms with E-state index in [1.807, 2.05) is 13.8 Å². The minimum absolute atomic E-state index is 0.0568. The van der Waals surface area contributed by atoms with E-state index in [1.54, 1.807) is 0 Å². The first kappa shape index (κ1) is 11.6. The number of carbonyl (C=O) groups excluding carboxylic acids is 1. The molecule has 0 spiro atoms. The number of rotatable bonds is 5. The predicted octanol–water partition coefficient (Wildman–Crippen LogP) is 2.12. The van der Waals surface area contributed by atoms with Crippen molar-refractivity contribution in [3.8, 4) is 0 Å². The van der Waals surface area contributed by atoms with E-state index in [2.05, 4.69) is 18.7 Å². The van der Waals surface area contributed by atoms with E-state index < -0.39 is 5.41 Å². The van der Waals surface area contributed by atoms with Crippen molar-refractivity contribution in [2.24, 2.45) is 11.3 Å². The molecule has 1 N–H and O–H groups in total. The first-order valence-electron chi connectivity index (χ1n) is 4.20. The van der Waals surface area contributed by atoms with Crippen LogP contribution in [0.4, 0.5) is 0 Å². The van der Waals surface area contributed by atoms with Gasteiger partial charge in [-0.3, -0.25) is 10.1 Å². The van der Waals surface area contributed by atoms with E-state index in [0.717, 1.165) is 6.42 Å². The maximum atomic E-state index is 11.3. The number of hydrogen-bond donors (Lipinski definition) is 1. The summed E-state index contributed by atoms with van der Waals surface area (Å²) in [5.41, 5.74) is -0.392. The fourth-order valence-electron chi connectivity index (χ4n) is 1.39. The summed E-state index contributed by atoms with van der Waals surface area (Å²) in [6.45, 7) is 7.66. The Balaban J connectivity index is 4.09. The van der Waals surface area contributed by atoms with Gasteiger partial charge in [-0.25, -0.2) is 4.89 Å². The fourth-order valence-corrected chi connectivity index (χ4v) is 1.39. The Morgan fingerprint density at radius 3 is 2.33 bits per heavy atom. The molecular weight excluding hydrogens is 156 g/mol. The van der Waals surface area contributed by atoms with Crippen LogP contribution in [0.1, 0.15) is 34.1 Å². The normalized spacial score (nSPS) is 12.2. The SMILES string of the molecule is CC(C)CC(C)(C)C(=O)COO. The van der Waals surface area contributed by atoms with E-state index in [4.69, 9.17) is 5.26 Å². The van der Waals surface area contributed by atoms with Crippen molar-refractivity contribution in [3.63, 3.8) is 0 Å². The monoisotopic (exact) mass is 174 g/mol. The summed E-state index contributed by atoms with van der Waals surface area (Å²) in [5, 5.41) is 8.11. The highest BCUT2D eigenvalue weighted by Crippen LogP contribution is 2.26. The molecule has 12 heavy (non-hydrogen) atoms. The Morgan fingerprint density at radius 2 is 2.00 bits per heavy atom. The average Bonchev–Trinajstić information content (AvgIpc) is 1.85. The van der Waals surface area contributed by atoms with Gasteiger partial charge in [-0.15, -0.1) is 0 Å². The lowest BCUT2D eigenvalue weighted by Crippen LogP contribution is -2.29. The van der Waals surface area contributed by atoms with Crippen molar-refractivity contribution in [3.05, 3.63) is 0 Å². The Kier molecular flexibility index (Phi) is 4.42. The summed E-state index contributed by atoms with van der Waals surface area (Å²) in [6.07, 6.45) is 0.815. The number of Topliss-reactive ketones (excluding diaryl/α,β-unsaturated/α-hetero) is 1. The quantitative estimate of drug-likeness (QED) is 0.513. The van der Waals surface area contributed by atoms with E-state index >= 15 is 0 Å². The third-order valence-corrected chi connectivity index (χ3v) is 1.87. The third-order valence-electron chi connectivity index (χ3n) is 1.87. The zero-order valence-corrected chi connectivity index (χ0v) is 8.26. The molecule has 0 heterocycles. The predicted molar refractivity (Wildman–Crippen MR) is 46.8 cm³/mol. The second-order valence-electron chi connectivity index (χ2n) is 4.18. The minimum atomic E-state index is -0.392. The minimum Gasteiger partial charge on any atom is -0.296 e. The summed E-state index contributed by atoms with van der Waals surface area (Å²) >= 11 is 0. The van der Waals surface area contributed by atoms with Crippen LogP contribution in [0.5, 0.6) is 0 Å². The highest BCUT2D eigenvalue weighted by Gasteiger charge is 2.28. The van der Waals surface area contributed by atoms with Crippen molar-refractivity contribution < 1.29 is 14.9 Å². The van der Waals surface area contributed by atoms with Crippen LogP contribution in [0, 0.1) is 11.3 Å².